The van der Waals surface area contributed by atoms with Crippen LogP contribution in [0.4, 0.5) is 0 Å². The van der Waals surface area contributed by atoms with Crippen molar-refractivity contribution in [3.8, 4) is 0 Å². The van der Waals surface area contributed by atoms with Gasteiger partial charge in [-0.05, 0) is 27.2 Å². The first-order valence-electron chi connectivity index (χ1n) is 3.85. The summed E-state index contributed by atoms with van der Waals surface area (Å²) in [5.41, 5.74) is -0.380. The lowest BCUT2D eigenvalue weighted by Crippen LogP contribution is -2.22. The van der Waals surface area contributed by atoms with Crippen molar-refractivity contribution < 1.29 is 9.53 Å². The number of esters is 1. The van der Waals surface area contributed by atoms with Crippen LogP contribution in [0.2, 0.25) is 0 Å². The summed E-state index contributed by atoms with van der Waals surface area (Å²) in [4.78, 5) is 10.9. The summed E-state index contributed by atoms with van der Waals surface area (Å²) in [6.45, 7) is 7.53. The van der Waals surface area contributed by atoms with Crippen LogP contribution in [0.1, 0.15) is 34.1 Å². The second-order valence-electron chi connectivity index (χ2n) is 3.34. The van der Waals surface area contributed by atoms with Crippen LogP contribution in [0.3, 0.4) is 0 Å². The molecule has 0 radical (unpaired) electrons. The number of ether oxygens (including phenoxy) is 1. The molecule has 0 saturated carbocycles. The minimum atomic E-state index is -0.380. The van der Waals surface area contributed by atoms with Gasteiger partial charge in [0.15, 0.2) is 0 Å². The second-order valence-corrected chi connectivity index (χ2v) is 3.34. The van der Waals surface area contributed by atoms with Gasteiger partial charge in [0, 0.05) is 6.08 Å². The second kappa shape index (κ2) is 4.16. The summed E-state index contributed by atoms with van der Waals surface area (Å²) in [6, 6.07) is 0. The molecule has 64 valence electrons. The molecule has 0 heterocycles. The van der Waals surface area contributed by atoms with Gasteiger partial charge in [0.2, 0.25) is 0 Å². The van der Waals surface area contributed by atoms with E-state index in [-0.39, 0.29) is 11.6 Å². The first-order valence-corrected chi connectivity index (χ1v) is 3.85. The third-order valence-corrected chi connectivity index (χ3v) is 0.896. The lowest BCUT2D eigenvalue weighted by Gasteiger charge is -2.17. The van der Waals surface area contributed by atoms with Gasteiger partial charge < -0.3 is 4.74 Å². The minimum absolute atomic E-state index is 0.264. The van der Waals surface area contributed by atoms with Gasteiger partial charge in [-0.3, -0.25) is 0 Å². The van der Waals surface area contributed by atoms with E-state index in [1.807, 2.05) is 27.7 Å². The molecule has 0 rings (SSSR count). The Balaban J connectivity index is 3.80. The molecule has 0 spiro atoms. The van der Waals surface area contributed by atoms with E-state index in [2.05, 4.69) is 0 Å². The van der Waals surface area contributed by atoms with E-state index in [0.717, 1.165) is 6.42 Å². The highest BCUT2D eigenvalue weighted by molar-refractivity contribution is 5.82. The molecule has 0 fully saturated rings. The van der Waals surface area contributed by atoms with Crippen molar-refractivity contribution in [1.82, 2.24) is 0 Å². The molecule has 0 unspecified atom stereocenters. The van der Waals surface area contributed by atoms with Gasteiger partial charge in [0.25, 0.3) is 0 Å². The zero-order valence-electron chi connectivity index (χ0n) is 7.68. The number of rotatable bonds is 2. The number of hydrogen-bond acceptors (Lipinski definition) is 2. The Morgan fingerprint density at radius 1 is 1.45 bits per heavy atom. The summed E-state index contributed by atoms with van der Waals surface area (Å²) in [5, 5.41) is 0. The largest absolute Gasteiger partial charge is 0.457 e. The smallest absolute Gasteiger partial charge is 0.330 e. The standard InChI is InChI=1S/C9H16O2/c1-5-6-7-8(10)11-9(2,3)4/h6-7H,5H2,1-4H3/b7-6+. The summed E-state index contributed by atoms with van der Waals surface area (Å²) >= 11 is 0. The van der Waals surface area contributed by atoms with Gasteiger partial charge in [0.1, 0.15) is 5.60 Å². The lowest BCUT2D eigenvalue weighted by molar-refractivity contribution is -0.148. The molecule has 0 aromatic carbocycles. The molecular formula is C9H16O2. The van der Waals surface area contributed by atoms with E-state index in [4.69, 9.17) is 4.74 Å². The van der Waals surface area contributed by atoms with E-state index in [9.17, 15) is 4.79 Å². The molecule has 0 amide bonds. The number of allylic oxidation sites excluding steroid dienone is 1. The predicted octanol–water partition coefficient (Wildman–Crippen LogP) is 2.29. The van der Waals surface area contributed by atoms with Crippen molar-refractivity contribution in [2.24, 2.45) is 0 Å². The van der Waals surface area contributed by atoms with Crippen LogP contribution < -0.4 is 0 Å². The Labute approximate surface area is 68.2 Å². The summed E-state index contributed by atoms with van der Waals surface area (Å²) in [6.07, 6.45) is 4.11. The highest BCUT2D eigenvalue weighted by atomic mass is 16.6. The van der Waals surface area contributed by atoms with E-state index in [0.29, 0.717) is 0 Å². The highest BCUT2D eigenvalue weighted by Crippen LogP contribution is 2.06. The van der Waals surface area contributed by atoms with Crippen molar-refractivity contribution in [3.63, 3.8) is 0 Å². The molecule has 0 aliphatic carbocycles. The Morgan fingerprint density at radius 2 is 2.00 bits per heavy atom. The van der Waals surface area contributed by atoms with Gasteiger partial charge in [-0.2, -0.15) is 0 Å². The average Bonchev–Trinajstić information content (AvgIpc) is 1.79. The Bertz CT molecular complexity index is 151. The fourth-order valence-corrected chi connectivity index (χ4v) is 0.550. The van der Waals surface area contributed by atoms with Crippen LogP contribution in [-0.4, -0.2) is 11.6 Å². The molecule has 0 saturated heterocycles. The molecule has 0 aliphatic rings. The van der Waals surface area contributed by atoms with Crippen LogP contribution in [0.25, 0.3) is 0 Å². The van der Waals surface area contributed by atoms with Gasteiger partial charge in [-0.15, -0.1) is 0 Å². The maximum Gasteiger partial charge on any atom is 0.330 e. The van der Waals surface area contributed by atoms with E-state index < -0.39 is 0 Å². The quantitative estimate of drug-likeness (QED) is 0.453. The summed E-state index contributed by atoms with van der Waals surface area (Å²) < 4.78 is 5.01. The van der Waals surface area contributed by atoms with Gasteiger partial charge in [-0.1, -0.05) is 13.0 Å². The van der Waals surface area contributed by atoms with E-state index in [1.54, 1.807) is 6.08 Å². The van der Waals surface area contributed by atoms with Crippen LogP contribution in [-0.2, 0) is 9.53 Å². The topological polar surface area (TPSA) is 26.3 Å². The van der Waals surface area contributed by atoms with Crippen molar-refractivity contribution in [3.05, 3.63) is 12.2 Å². The molecular weight excluding hydrogens is 140 g/mol. The summed E-state index contributed by atoms with van der Waals surface area (Å²) in [5.74, 6) is -0.264. The molecule has 2 nitrogen and oxygen atoms in total. The van der Waals surface area contributed by atoms with Crippen molar-refractivity contribution >= 4 is 5.97 Å². The first-order chi connectivity index (χ1) is 4.95. The van der Waals surface area contributed by atoms with Crippen LogP contribution >= 0.6 is 0 Å². The molecule has 0 aliphatic heterocycles. The van der Waals surface area contributed by atoms with Gasteiger partial charge in [-0.25, -0.2) is 4.79 Å². The van der Waals surface area contributed by atoms with Crippen molar-refractivity contribution in [2.45, 2.75) is 39.7 Å². The first kappa shape index (κ1) is 10.2. The maximum atomic E-state index is 10.9. The van der Waals surface area contributed by atoms with Crippen molar-refractivity contribution in [2.75, 3.05) is 0 Å². The van der Waals surface area contributed by atoms with E-state index in [1.165, 1.54) is 6.08 Å². The van der Waals surface area contributed by atoms with Gasteiger partial charge in [0.05, 0.1) is 0 Å². The average molecular weight is 156 g/mol. The number of carbonyl (C=O) groups excluding carboxylic acids is 1. The molecule has 2 heteroatoms. The molecule has 11 heavy (non-hydrogen) atoms. The zero-order chi connectivity index (χ0) is 8.91. The van der Waals surface area contributed by atoms with Crippen LogP contribution in [0.15, 0.2) is 12.2 Å². The molecule has 0 aromatic rings. The normalized spacial score (nSPS) is 12.0. The Kier molecular flexibility index (Phi) is 3.86. The van der Waals surface area contributed by atoms with Gasteiger partial charge >= 0.3 is 5.97 Å². The fraction of sp³-hybridized carbons (Fsp3) is 0.667. The Hall–Kier alpha value is -0.790. The SMILES string of the molecule is CC/C=C/C(=O)OC(C)(C)C. The van der Waals surface area contributed by atoms with E-state index >= 15 is 0 Å². The molecule has 0 N–H and O–H groups in total. The third kappa shape index (κ3) is 7.10. The Morgan fingerprint density at radius 3 is 2.36 bits per heavy atom. The summed E-state index contributed by atoms with van der Waals surface area (Å²) in [7, 11) is 0. The highest BCUT2D eigenvalue weighted by Gasteiger charge is 2.13. The third-order valence-electron chi connectivity index (χ3n) is 0.896. The zero-order valence-corrected chi connectivity index (χ0v) is 7.68. The van der Waals surface area contributed by atoms with Crippen LogP contribution in [0, 0.1) is 0 Å². The number of hydrogen-bond donors (Lipinski definition) is 0. The lowest BCUT2D eigenvalue weighted by atomic mass is 10.2. The van der Waals surface area contributed by atoms with Crippen LogP contribution in [0.5, 0.6) is 0 Å². The monoisotopic (exact) mass is 156 g/mol. The fourth-order valence-electron chi connectivity index (χ4n) is 0.550. The minimum Gasteiger partial charge on any atom is -0.457 e. The maximum absolute atomic E-state index is 10.9. The predicted molar refractivity (Wildman–Crippen MR) is 45.3 cm³/mol. The molecule has 0 bridgehead atoms. The number of carbonyl (C=O) groups is 1. The molecule has 0 atom stereocenters. The molecule has 0 aromatic heterocycles. The van der Waals surface area contributed by atoms with Crippen molar-refractivity contribution in [1.29, 1.82) is 0 Å².